The number of hydrogen-bond donors (Lipinski definition) is 2. The topological polar surface area (TPSA) is 97.1 Å². The van der Waals surface area contributed by atoms with Gasteiger partial charge in [-0.1, -0.05) is 18.2 Å². The number of ether oxygens (including phenoxy) is 2. The maximum absolute atomic E-state index is 11.5. The third-order valence-electron chi connectivity index (χ3n) is 6.06. The molecule has 36 heavy (non-hydrogen) atoms. The minimum Gasteiger partial charge on any atom is -0.497 e. The average Bonchev–Trinajstić information content (AvgIpc) is 3.53. The number of aromatic carboxylic acids is 1. The molecular formula is C27H23N3O5S. The molecule has 1 saturated heterocycles. The molecule has 0 radical (unpaired) electrons. The highest BCUT2D eigenvalue weighted by Gasteiger charge is 2.43. The lowest BCUT2D eigenvalue weighted by Crippen LogP contribution is -2.29. The number of nitrogens with one attached hydrogen (secondary N) is 1. The summed E-state index contributed by atoms with van der Waals surface area (Å²) in [6.45, 7) is 0. The summed E-state index contributed by atoms with van der Waals surface area (Å²) in [5, 5.41) is 13.3. The van der Waals surface area contributed by atoms with Crippen LogP contribution in [-0.2, 0) is 0 Å². The van der Waals surface area contributed by atoms with Crippen molar-refractivity contribution in [2.45, 2.75) is 12.1 Å². The Bertz CT molecular complexity index is 1420. The summed E-state index contributed by atoms with van der Waals surface area (Å²) >= 11 is 5.78. The summed E-state index contributed by atoms with van der Waals surface area (Å²) in [6.07, 6.45) is 1.73. The van der Waals surface area contributed by atoms with E-state index in [-0.39, 0.29) is 11.6 Å². The van der Waals surface area contributed by atoms with Gasteiger partial charge in [-0.25, -0.2) is 4.79 Å². The van der Waals surface area contributed by atoms with Gasteiger partial charge in [-0.2, -0.15) is 0 Å². The number of carboxylic acids is 1. The molecule has 8 nitrogen and oxygen atoms in total. The SMILES string of the molecule is COc1ccc(N2C(=S)NC(c3ccccn3)C2c2ccc(-c3cccc(C(=O)O)c3)o2)c(OC)c1. The van der Waals surface area contributed by atoms with Crippen molar-refractivity contribution in [3.05, 3.63) is 96.0 Å². The van der Waals surface area contributed by atoms with E-state index in [9.17, 15) is 9.90 Å². The number of anilines is 1. The van der Waals surface area contributed by atoms with Crippen LogP contribution >= 0.6 is 12.2 Å². The van der Waals surface area contributed by atoms with Crippen LogP contribution in [0.4, 0.5) is 5.69 Å². The number of thiocarbonyl (C=S) groups is 1. The van der Waals surface area contributed by atoms with Crippen LogP contribution < -0.4 is 19.7 Å². The standard InChI is InChI=1S/C27H23N3O5S/c1-33-18-9-10-20(23(15-18)34-2)30-25(24(29-27(30)36)19-8-3-4-13-28-19)22-12-11-21(35-22)16-6-5-7-17(14-16)26(31)32/h3-15,24-25H,1-2H3,(H,29,36)(H,31,32). The van der Waals surface area contributed by atoms with E-state index in [2.05, 4.69) is 10.3 Å². The molecule has 1 fully saturated rings. The lowest BCUT2D eigenvalue weighted by atomic mass is 10.0. The third-order valence-corrected chi connectivity index (χ3v) is 6.37. The molecule has 1 aliphatic heterocycles. The van der Waals surface area contributed by atoms with Crippen molar-refractivity contribution >= 4 is 29.0 Å². The molecule has 5 rings (SSSR count). The van der Waals surface area contributed by atoms with Crippen molar-refractivity contribution in [3.8, 4) is 22.8 Å². The van der Waals surface area contributed by atoms with Crippen molar-refractivity contribution in [1.29, 1.82) is 0 Å². The summed E-state index contributed by atoms with van der Waals surface area (Å²) in [5.41, 5.74) is 2.39. The molecule has 2 unspecified atom stereocenters. The first-order valence-electron chi connectivity index (χ1n) is 11.2. The number of aromatic nitrogens is 1. The zero-order valence-corrected chi connectivity index (χ0v) is 20.4. The number of furan rings is 1. The largest absolute Gasteiger partial charge is 0.497 e. The van der Waals surface area contributed by atoms with E-state index in [0.29, 0.717) is 33.7 Å². The van der Waals surface area contributed by atoms with Crippen molar-refractivity contribution in [3.63, 3.8) is 0 Å². The predicted octanol–water partition coefficient (Wildman–Crippen LogP) is 5.23. The summed E-state index contributed by atoms with van der Waals surface area (Å²) in [4.78, 5) is 18.0. The molecule has 3 heterocycles. The molecule has 0 saturated carbocycles. The smallest absolute Gasteiger partial charge is 0.335 e. The van der Waals surface area contributed by atoms with Gasteiger partial charge in [0.25, 0.3) is 0 Å². The van der Waals surface area contributed by atoms with Gasteiger partial charge < -0.3 is 29.2 Å². The number of hydrogen-bond acceptors (Lipinski definition) is 6. The van der Waals surface area contributed by atoms with Crippen LogP contribution in [0.1, 0.15) is 33.9 Å². The Morgan fingerprint density at radius 3 is 2.64 bits per heavy atom. The molecule has 4 aromatic rings. The van der Waals surface area contributed by atoms with Gasteiger partial charge in [0.2, 0.25) is 0 Å². The number of nitrogens with zero attached hydrogens (tertiary/aromatic N) is 2. The molecule has 0 amide bonds. The fourth-order valence-electron chi connectivity index (χ4n) is 4.36. The quantitative estimate of drug-likeness (QED) is 0.330. The van der Waals surface area contributed by atoms with Crippen molar-refractivity contribution in [2.75, 3.05) is 19.1 Å². The maximum atomic E-state index is 11.5. The first-order chi connectivity index (χ1) is 17.5. The Hall–Kier alpha value is -4.37. The Labute approximate surface area is 213 Å². The lowest BCUT2D eigenvalue weighted by molar-refractivity contribution is 0.0697. The van der Waals surface area contributed by atoms with Gasteiger partial charge in [0.05, 0.1) is 37.2 Å². The molecule has 2 aromatic carbocycles. The monoisotopic (exact) mass is 501 g/mol. The van der Waals surface area contributed by atoms with Crippen LogP contribution in [0, 0.1) is 0 Å². The molecule has 0 aliphatic carbocycles. The zero-order chi connectivity index (χ0) is 25.2. The van der Waals surface area contributed by atoms with Crippen LogP contribution in [0.3, 0.4) is 0 Å². The highest BCUT2D eigenvalue weighted by atomic mass is 32.1. The second-order valence-corrected chi connectivity index (χ2v) is 8.51. The number of methoxy groups -OCH3 is 2. The van der Waals surface area contributed by atoms with Crippen molar-refractivity contribution in [2.24, 2.45) is 0 Å². The minimum absolute atomic E-state index is 0.185. The minimum atomic E-state index is -0.998. The fourth-order valence-corrected chi connectivity index (χ4v) is 4.70. The molecule has 2 aromatic heterocycles. The molecule has 1 aliphatic rings. The second kappa shape index (κ2) is 9.71. The van der Waals surface area contributed by atoms with Gasteiger partial charge in [-0.05, 0) is 60.7 Å². The van der Waals surface area contributed by atoms with Gasteiger partial charge in [0, 0.05) is 17.8 Å². The number of carboxylic acid groups (broad SMARTS) is 1. The molecule has 9 heteroatoms. The van der Waals surface area contributed by atoms with Crippen LogP contribution in [0.25, 0.3) is 11.3 Å². The van der Waals surface area contributed by atoms with Gasteiger partial charge in [-0.3, -0.25) is 4.98 Å². The van der Waals surface area contributed by atoms with Crippen molar-refractivity contribution in [1.82, 2.24) is 10.3 Å². The summed E-state index contributed by atoms with van der Waals surface area (Å²) < 4.78 is 17.4. The highest BCUT2D eigenvalue weighted by Crippen LogP contribution is 2.46. The Kier molecular flexibility index (Phi) is 6.30. The second-order valence-electron chi connectivity index (χ2n) is 8.12. The van der Waals surface area contributed by atoms with Crippen molar-refractivity contribution < 1.29 is 23.8 Å². The van der Waals surface area contributed by atoms with Crippen LogP contribution in [-0.4, -0.2) is 35.4 Å². The maximum Gasteiger partial charge on any atom is 0.335 e. The third kappa shape index (κ3) is 4.25. The Balaban J connectivity index is 1.62. The van der Waals surface area contributed by atoms with Crippen LogP contribution in [0.2, 0.25) is 0 Å². The van der Waals surface area contributed by atoms with E-state index in [1.807, 2.05) is 53.4 Å². The Morgan fingerprint density at radius 1 is 1.06 bits per heavy atom. The number of pyridine rings is 1. The van der Waals surface area contributed by atoms with Gasteiger partial charge in [-0.15, -0.1) is 0 Å². The predicted molar refractivity (Wildman–Crippen MR) is 139 cm³/mol. The lowest BCUT2D eigenvalue weighted by Gasteiger charge is -2.27. The van der Waals surface area contributed by atoms with E-state index in [1.54, 1.807) is 44.7 Å². The van der Waals surface area contributed by atoms with Gasteiger partial charge in [0.1, 0.15) is 29.1 Å². The summed E-state index contributed by atoms with van der Waals surface area (Å²) in [7, 11) is 3.19. The average molecular weight is 502 g/mol. The van der Waals surface area contributed by atoms with E-state index in [4.69, 9.17) is 26.1 Å². The number of carbonyl (C=O) groups is 1. The molecule has 0 spiro atoms. The van der Waals surface area contributed by atoms with E-state index < -0.39 is 12.0 Å². The highest BCUT2D eigenvalue weighted by molar-refractivity contribution is 7.80. The van der Waals surface area contributed by atoms with Crippen LogP contribution in [0.15, 0.2) is 83.4 Å². The van der Waals surface area contributed by atoms with E-state index in [1.165, 1.54) is 0 Å². The first kappa shape index (κ1) is 23.4. The zero-order valence-electron chi connectivity index (χ0n) is 19.5. The van der Waals surface area contributed by atoms with E-state index in [0.717, 1.165) is 11.4 Å². The number of rotatable bonds is 7. The fraction of sp³-hybridized carbons (Fsp3) is 0.148. The number of benzene rings is 2. The Morgan fingerprint density at radius 2 is 1.92 bits per heavy atom. The molecule has 182 valence electrons. The van der Waals surface area contributed by atoms with Crippen LogP contribution in [0.5, 0.6) is 11.5 Å². The molecule has 0 bridgehead atoms. The van der Waals surface area contributed by atoms with Gasteiger partial charge in [0.15, 0.2) is 5.11 Å². The van der Waals surface area contributed by atoms with Gasteiger partial charge >= 0.3 is 5.97 Å². The summed E-state index contributed by atoms with van der Waals surface area (Å²) in [5.74, 6) is 1.43. The molecular weight excluding hydrogens is 478 g/mol. The summed E-state index contributed by atoms with van der Waals surface area (Å²) in [6, 6.07) is 20.9. The van der Waals surface area contributed by atoms with E-state index >= 15 is 0 Å². The normalized spacial score (nSPS) is 17.1. The first-order valence-corrected chi connectivity index (χ1v) is 11.6. The molecule has 2 N–H and O–H groups in total. The molecule has 2 atom stereocenters.